The van der Waals surface area contributed by atoms with Crippen LogP contribution in [0.5, 0.6) is 0 Å². The second kappa shape index (κ2) is 10.9. The van der Waals surface area contributed by atoms with E-state index in [9.17, 15) is 10.00 Å². The van der Waals surface area contributed by atoms with Crippen LogP contribution in [0.1, 0.15) is 45.4 Å². The summed E-state index contributed by atoms with van der Waals surface area (Å²) in [5.74, 6) is 0. The molecule has 1 saturated heterocycles. The van der Waals surface area contributed by atoms with Crippen LogP contribution < -0.4 is 0 Å². The highest BCUT2D eigenvalue weighted by Gasteiger charge is 2.44. The van der Waals surface area contributed by atoms with E-state index in [0.29, 0.717) is 38.8 Å². The minimum absolute atomic E-state index is 0.396. The molecule has 0 radical (unpaired) electrons. The maximum absolute atomic E-state index is 10.4. The van der Waals surface area contributed by atoms with E-state index in [4.69, 9.17) is 18.5 Å². The molecule has 0 aliphatic carbocycles. The lowest BCUT2D eigenvalue weighted by Crippen LogP contribution is -2.27. The molecule has 0 aromatic heterocycles. The van der Waals surface area contributed by atoms with Crippen LogP contribution in [-0.2, 0) is 18.5 Å². The van der Waals surface area contributed by atoms with Crippen molar-refractivity contribution in [1.82, 2.24) is 0 Å². The molecule has 0 bridgehead atoms. The zero-order valence-corrected chi connectivity index (χ0v) is 14.9. The van der Waals surface area contributed by atoms with Crippen molar-refractivity contribution >= 4 is 7.94 Å². The molecule has 2 N–H and O–H groups in total. The number of rotatable bonds is 12. The molecular formula is C15H32O6P+. The molecule has 0 spiro atoms. The van der Waals surface area contributed by atoms with Crippen molar-refractivity contribution in [2.45, 2.75) is 51.0 Å². The van der Waals surface area contributed by atoms with Gasteiger partial charge in [-0.2, -0.15) is 13.9 Å². The summed E-state index contributed by atoms with van der Waals surface area (Å²) in [5, 5.41) is 10.4. The Balaban J connectivity index is 2.05. The molecule has 0 amide bonds. The number of methoxy groups -OCH3 is 1. The Morgan fingerprint density at radius 3 is 2.41 bits per heavy atom. The minimum atomic E-state index is -2.72. The molecule has 1 rings (SSSR count). The number of ether oxygens (including phenoxy) is 2. The van der Waals surface area contributed by atoms with Crippen molar-refractivity contribution in [2.24, 2.45) is 0 Å². The highest BCUT2D eigenvalue weighted by atomic mass is 31.2. The highest BCUT2D eigenvalue weighted by Crippen LogP contribution is 2.59. The van der Waals surface area contributed by atoms with Crippen molar-refractivity contribution in [3.05, 3.63) is 0 Å². The third-order valence-electron chi connectivity index (χ3n) is 3.70. The van der Waals surface area contributed by atoms with Crippen molar-refractivity contribution in [2.75, 3.05) is 46.3 Å². The molecule has 1 aliphatic heterocycles. The maximum atomic E-state index is 10.4. The van der Waals surface area contributed by atoms with Crippen LogP contribution in [0.15, 0.2) is 0 Å². The molecule has 22 heavy (non-hydrogen) atoms. The molecule has 1 aliphatic rings. The lowest BCUT2D eigenvalue weighted by Gasteiger charge is -2.26. The van der Waals surface area contributed by atoms with Gasteiger partial charge < -0.3 is 14.6 Å². The predicted octanol–water partition coefficient (Wildman–Crippen LogP) is 2.54. The molecule has 0 aromatic rings. The number of hydrogen-bond donors (Lipinski definition) is 2. The second-order valence-electron chi connectivity index (χ2n) is 6.04. The van der Waals surface area contributed by atoms with Gasteiger partial charge in [0.15, 0.2) is 0 Å². The Morgan fingerprint density at radius 2 is 1.73 bits per heavy atom. The third kappa shape index (κ3) is 9.36. The van der Waals surface area contributed by atoms with Crippen LogP contribution >= 0.6 is 7.94 Å². The molecule has 0 aromatic carbocycles. The molecular weight excluding hydrogens is 307 g/mol. The SMILES string of the molecule is COCCCOCCCCC(C)(O)CC[P+]1(O)OCCCO1. The zero-order valence-electron chi connectivity index (χ0n) is 14.0. The van der Waals surface area contributed by atoms with Gasteiger partial charge in [0.05, 0.1) is 18.8 Å². The topological polar surface area (TPSA) is 77.4 Å². The third-order valence-corrected chi connectivity index (χ3v) is 5.66. The van der Waals surface area contributed by atoms with E-state index < -0.39 is 13.5 Å². The van der Waals surface area contributed by atoms with E-state index >= 15 is 0 Å². The van der Waals surface area contributed by atoms with Gasteiger partial charge in [-0.1, -0.05) is 0 Å². The largest absolute Gasteiger partial charge is 0.408 e. The first-order valence-electron chi connectivity index (χ1n) is 8.16. The van der Waals surface area contributed by atoms with Gasteiger partial charge in [-0.05, 0) is 32.6 Å². The highest BCUT2D eigenvalue weighted by molar-refractivity contribution is 7.60. The lowest BCUT2D eigenvalue weighted by atomic mass is 9.96. The summed E-state index contributed by atoms with van der Waals surface area (Å²) in [6, 6.07) is 0. The number of hydrogen-bond acceptors (Lipinski definition) is 6. The Kier molecular flexibility index (Phi) is 10.00. The van der Waals surface area contributed by atoms with Gasteiger partial charge in [0.2, 0.25) is 0 Å². The summed E-state index contributed by atoms with van der Waals surface area (Å²) in [7, 11) is -1.03. The Hall–Kier alpha value is 0.190. The lowest BCUT2D eigenvalue weighted by molar-refractivity contribution is 0.0361. The normalized spacial score (nSPS) is 20.7. The fraction of sp³-hybridized carbons (Fsp3) is 1.00. The molecule has 1 heterocycles. The van der Waals surface area contributed by atoms with Crippen LogP contribution in [0.2, 0.25) is 0 Å². The van der Waals surface area contributed by atoms with Crippen molar-refractivity contribution in [1.29, 1.82) is 0 Å². The van der Waals surface area contributed by atoms with Crippen molar-refractivity contribution in [3.8, 4) is 0 Å². The summed E-state index contributed by atoms with van der Waals surface area (Å²) < 4.78 is 21.1. The molecule has 0 saturated carbocycles. The van der Waals surface area contributed by atoms with Crippen molar-refractivity contribution < 1.29 is 28.5 Å². The molecule has 132 valence electrons. The van der Waals surface area contributed by atoms with Gasteiger partial charge >= 0.3 is 7.94 Å². The molecule has 6 nitrogen and oxygen atoms in total. The van der Waals surface area contributed by atoms with Gasteiger partial charge in [-0.15, -0.1) is 0 Å². The first kappa shape index (κ1) is 20.2. The zero-order chi connectivity index (χ0) is 16.3. The summed E-state index contributed by atoms with van der Waals surface area (Å²) in [4.78, 5) is 10.2. The minimum Gasteiger partial charge on any atom is -0.390 e. The fourth-order valence-corrected chi connectivity index (χ4v) is 4.19. The van der Waals surface area contributed by atoms with E-state index in [-0.39, 0.29) is 0 Å². The van der Waals surface area contributed by atoms with Crippen LogP contribution in [0.3, 0.4) is 0 Å². The molecule has 7 heteroatoms. The van der Waals surface area contributed by atoms with Crippen LogP contribution in [-0.4, -0.2) is 61.9 Å². The molecule has 1 atom stereocenters. The van der Waals surface area contributed by atoms with E-state index in [2.05, 4.69) is 0 Å². The number of aliphatic hydroxyl groups is 1. The van der Waals surface area contributed by atoms with Crippen LogP contribution in [0.4, 0.5) is 0 Å². The summed E-state index contributed by atoms with van der Waals surface area (Å²) >= 11 is 0. The quantitative estimate of drug-likeness (QED) is 0.420. The predicted molar refractivity (Wildman–Crippen MR) is 86.9 cm³/mol. The Labute approximate surface area is 134 Å². The van der Waals surface area contributed by atoms with E-state index in [0.717, 1.165) is 38.9 Å². The van der Waals surface area contributed by atoms with Gasteiger partial charge in [0.1, 0.15) is 6.16 Å². The number of unbranched alkanes of at least 4 members (excludes halogenated alkanes) is 1. The standard InChI is InChI=1S/C15H32O6P/c1-15(16,7-3-4-10-19-11-5-9-18-2)8-14-22(17)20-12-6-13-21-22/h16-17H,3-14H2,1-2H3/q+1. The van der Waals surface area contributed by atoms with Crippen LogP contribution in [0.25, 0.3) is 0 Å². The first-order valence-corrected chi connectivity index (χ1v) is 9.93. The van der Waals surface area contributed by atoms with Gasteiger partial charge in [-0.25, -0.2) is 0 Å². The van der Waals surface area contributed by atoms with Gasteiger partial charge in [0.25, 0.3) is 0 Å². The van der Waals surface area contributed by atoms with E-state index in [1.165, 1.54) is 0 Å². The summed E-state index contributed by atoms with van der Waals surface area (Å²) in [6.45, 7) is 5.06. The molecule has 1 fully saturated rings. The van der Waals surface area contributed by atoms with Gasteiger partial charge in [-0.3, -0.25) is 0 Å². The van der Waals surface area contributed by atoms with Crippen LogP contribution in [0, 0.1) is 0 Å². The monoisotopic (exact) mass is 339 g/mol. The average molecular weight is 339 g/mol. The van der Waals surface area contributed by atoms with E-state index in [1.54, 1.807) is 7.11 Å². The van der Waals surface area contributed by atoms with E-state index in [1.807, 2.05) is 6.92 Å². The van der Waals surface area contributed by atoms with Gasteiger partial charge in [0, 0.05) is 39.8 Å². The Bertz CT molecular complexity index is 281. The second-order valence-corrected chi connectivity index (χ2v) is 8.28. The molecule has 1 unspecified atom stereocenters. The Morgan fingerprint density at radius 1 is 1.05 bits per heavy atom. The fourth-order valence-electron chi connectivity index (χ4n) is 2.26. The average Bonchev–Trinajstić information content (AvgIpc) is 2.49. The summed E-state index contributed by atoms with van der Waals surface area (Å²) in [5.41, 5.74) is -0.796. The first-order chi connectivity index (χ1) is 10.5. The van der Waals surface area contributed by atoms with Crippen molar-refractivity contribution in [3.63, 3.8) is 0 Å². The maximum Gasteiger partial charge on any atom is 0.408 e. The summed E-state index contributed by atoms with van der Waals surface area (Å²) in [6.07, 6.45) is 5.14. The smallest absolute Gasteiger partial charge is 0.390 e.